The molecule has 0 aromatic heterocycles. The molecular formula is C9H9ClFN. The minimum absolute atomic E-state index is 0.0967. The summed E-state index contributed by atoms with van der Waals surface area (Å²) in [6.07, 6.45) is 0.848. The molecule has 0 bridgehead atoms. The summed E-state index contributed by atoms with van der Waals surface area (Å²) in [5.74, 6) is -0.0980. The Morgan fingerprint density at radius 2 is 2.17 bits per heavy atom. The van der Waals surface area contributed by atoms with Gasteiger partial charge in [-0.3, -0.25) is 0 Å². The number of benzene rings is 1. The highest BCUT2D eigenvalue weighted by Gasteiger charge is 2.38. The molecule has 1 aliphatic rings. The molecule has 1 aromatic carbocycles. The predicted molar refractivity (Wildman–Crippen MR) is 46.7 cm³/mol. The van der Waals surface area contributed by atoms with E-state index in [0.29, 0.717) is 10.6 Å². The van der Waals surface area contributed by atoms with Crippen molar-refractivity contribution in [1.29, 1.82) is 0 Å². The number of hydrogen-bond acceptors (Lipinski definition) is 1. The third-order valence-electron chi connectivity index (χ3n) is 2.21. The van der Waals surface area contributed by atoms with Crippen molar-refractivity contribution < 1.29 is 4.39 Å². The second kappa shape index (κ2) is 2.71. The van der Waals surface area contributed by atoms with Crippen molar-refractivity contribution in [3.8, 4) is 0 Å². The topological polar surface area (TPSA) is 26.0 Å². The molecule has 0 amide bonds. The minimum Gasteiger partial charge on any atom is -0.327 e. The molecule has 0 heterocycles. The standard InChI is InChI=1S/C9H9ClFN/c10-6-2-1-3-7(11)9(6)5-4-8(5)12/h1-3,5,8H,4,12H2/t5-,8+/m1/s1. The van der Waals surface area contributed by atoms with Crippen LogP contribution in [-0.4, -0.2) is 6.04 Å². The first-order valence-electron chi connectivity index (χ1n) is 3.89. The van der Waals surface area contributed by atoms with Gasteiger partial charge < -0.3 is 5.73 Å². The zero-order chi connectivity index (χ0) is 8.72. The molecule has 2 N–H and O–H groups in total. The maximum atomic E-state index is 13.2. The lowest BCUT2D eigenvalue weighted by atomic mass is 10.1. The lowest BCUT2D eigenvalue weighted by Gasteiger charge is -2.02. The van der Waals surface area contributed by atoms with E-state index in [1.807, 2.05) is 0 Å². The van der Waals surface area contributed by atoms with Crippen molar-refractivity contribution in [2.75, 3.05) is 0 Å². The average molecular weight is 186 g/mol. The maximum Gasteiger partial charge on any atom is 0.128 e. The number of halogens is 2. The Bertz CT molecular complexity index is 293. The molecule has 2 atom stereocenters. The molecule has 0 aliphatic heterocycles. The van der Waals surface area contributed by atoms with Gasteiger partial charge in [-0.05, 0) is 18.6 Å². The molecular weight excluding hydrogens is 177 g/mol. The fourth-order valence-corrected chi connectivity index (χ4v) is 1.71. The largest absolute Gasteiger partial charge is 0.327 e. The van der Waals surface area contributed by atoms with Crippen molar-refractivity contribution in [2.24, 2.45) is 5.73 Å². The highest BCUT2D eigenvalue weighted by Crippen LogP contribution is 2.43. The molecule has 12 heavy (non-hydrogen) atoms. The van der Waals surface area contributed by atoms with Crippen LogP contribution >= 0.6 is 11.6 Å². The Morgan fingerprint density at radius 1 is 1.50 bits per heavy atom. The second-order valence-corrected chi connectivity index (χ2v) is 3.55. The van der Waals surface area contributed by atoms with Crippen LogP contribution in [-0.2, 0) is 0 Å². The lowest BCUT2D eigenvalue weighted by molar-refractivity contribution is 0.609. The van der Waals surface area contributed by atoms with Gasteiger partial charge in [0.05, 0.1) is 0 Å². The third-order valence-corrected chi connectivity index (χ3v) is 2.54. The second-order valence-electron chi connectivity index (χ2n) is 3.14. The molecule has 1 aliphatic carbocycles. The van der Waals surface area contributed by atoms with Crippen LogP contribution in [0.2, 0.25) is 5.02 Å². The molecule has 0 radical (unpaired) electrons. The molecule has 64 valence electrons. The van der Waals surface area contributed by atoms with Gasteiger partial charge in [0, 0.05) is 22.5 Å². The van der Waals surface area contributed by atoms with Crippen molar-refractivity contribution in [3.05, 3.63) is 34.6 Å². The summed E-state index contributed by atoms with van der Waals surface area (Å²) in [7, 11) is 0. The van der Waals surface area contributed by atoms with Crippen molar-refractivity contribution in [2.45, 2.75) is 18.4 Å². The van der Waals surface area contributed by atoms with E-state index < -0.39 is 0 Å². The first-order chi connectivity index (χ1) is 5.70. The van der Waals surface area contributed by atoms with Crippen molar-refractivity contribution in [3.63, 3.8) is 0 Å². The van der Waals surface area contributed by atoms with Crippen LogP contribution in [0, 0.1) is 5.82 Å². The smallest absolute Gasteiger partial charge is 0.128 e. The van der Waals surface area contributed by atoms with Gasteiger partial charge in [-0.25, -0.2) is 4.39 Å². The summed E-state index contributed by atoms with van der Waals surface area (Å²) in [5.41, 5.74) is 6.20. The van der Waals surface area contributed by atoms with Gasteiger partial charge in [0.2, 0.25) is 0 Å². The SMILES string of the molecule is N[C@H]1C[C@H]1c1c(F)cccc1Cl. The van der Waals surface area contributed by atoms with E-state index in [9.17, 15) is 4.39 Å². The van der Waals surface area contributed by atoms with Gasteiger partial charge in [-0.15, -0.1) is 0 Å². The van der Waals surface area contributed by atoms with Gasteiger partial charge in [0.25, 0.3) is 0 Å². The highest BCUT2D eigenvalue weighted by atomic mass is 35.5. The van der Waals surface area contributed by atoms with E-state index in [1.54, 1.807) is 12.1 Å². The van der Waals surface area contributed by atoms with Gasteiger partial charge in [0.15, 0.2) is 0 Å². The minimum atomic E-state index is -0.236. The number of nitrogens with two attached hydrogens (primary N) is 1. The van der Waals surface area contributed by atoms with Gasteiger partial charge in [0.1, 0.15) is 5.82 Å². The molecule has 1 fully saturated rings. The Morgan fingerprint density at radius 3 is 2.67 bits per heavy atom. The Hall–Kier alpha value is -0.600. The molecule has 0 saturated heterocycles. The Kier molecular flexibility index (Phi) is 1.81. The molecule has 1 aromatic rings. The summed E-state index contributed by atoms with van der Waals surface area (Å²) >= 11 is 5.83. The maximum absolute atomic E-state index is 13.2. The van der Waals surface area contributed by atoms with E-state index >= 15 is 0 Å². The van der Waals surface area contributed by atoms with Crippen LogP contribution in [0.3, 0.4) is 0 Å². The van der Waals surface area contributed by atoms with Crippen molar-refractivity contribution >= 4 is 11.6 Å². The van der Waals surface area contributed by atoms with Crippen LogP contribution < -0.4 is 5.73 Å². The Labute approximate surface area is 75.3 Å². The van der Waals surface area contributed by atoms with Crippen LogP contribution in [0.25, 0.3) is 0 Å². The molecule has 1 saturated carbocycles. The first kappa shape index (κ1) is 8.02. The quantitative estimate of drug-likeness (QED) is 0.714. The predicted octanol–water partition coefficient (Wildman–Crippen LogP) is 2.29. The summed E-state index contributed by atoms with van der Waals surface area (Å²) in [5, 5.41) is 0.493. The van der Waals surface area contributed by atoms with E-state index in [-0.39, 0.29) is 17.8 Å². The summed E-state index contributed by atoms with van der Waals surface area (Å²) in [6.45, 7) is 0. The van der Waals surface area contributed by atoms with Crippen LogP contribution in [0.15, 0.2) is 18.2 Å². The van der Waals surface area contributed by atoms with Crippen LogP contribution in [0.5, 0.6) is 0 Å². The van der Waals surface area contributed by atoms with Crippen LogP contribution in [0.1, 0.15) is 17.9 Å². The van der Waals surface area contributed by atoms with Gasteiger partial charge >= 0.3 is 0 Å². The third kappa shape index (κ3) is 1.21. The fourth-order valence-electron chi connectivity index (χ4n) is 1.41. The fraction of sp³-hybridized carbons (Fsp3) is 0.333. The van der Waals surface area contributed by atoms with Crippen molar-refractivity contribution in [1.82, 2.24) is 0 Å². The Balaban J connectivity index is 2.41. The number of hydrogen-bond donors (Lipinski definition) is 1. The average Bonchev–Trinajstić information content (AvgIpc) is 2.67. The molecule has 0 spiro atoms. The monoisotopic (exact) mass is 185 g/mol. The summed E-state index contributed by atoms with van der Waals surface area (Å²) < 4.78 is 13.2. The summed E-state index contributed by atoms with van der Waals surface area (Å²) in [4.78, 5) is 0. The van der Waals surface area contributed by atoms with Gasteiger partial charge in [-0.2, -0.15) is 0 Å². The molecule has 1 nitrogen and oxygen atoms in total. The molecule has 0 unspecified atom stereocenters. The normalized spacial score (nSPS) is 27.2. The van der Waals surface area contributed by atoms with Gasteiger partial charge in [-0.1, -0.05) is 17.7 Å². The van der Waals surface area contributed by atoms with E-state index in [0.717, 1.165) is 6.42 Å². The zero-order valence-corrected chi connectivity index (χ0v) is 7.18. The molecule has 3 heteroatoms. The molecule has 2 rings (SSSR count). The first-order valence-corrected chi connectivity index (χ1v) is 4.27. The summed E-state index contributed by atoms with van der Waals surface area (Å²) in [6, 6.07) is 4.83. The zero-order valence-electron chi connectivity index (χ0n) is 6.43. The van der Waals surface area contributed by atoms with E-state index in [2.05, 4.69) is 0 Å². The van der Waals surface area contributed by atoms with E-state index in [1.165, 1.54) is 6.07 Å². The van der Waals surface area contributed by atoms with Crippen LogP contribution in [0.4, 0.5) is 4.39 Å². The highest BCUT2D eigenvalue weighted by molar-refractivity contribution is 6.31. The van der Waals surface area contributed by atoms with E-state index in [4.69, 9.17) is 17.3 Å². The number of rotatable bonds is 1. The lowest BCUT2D eigenvalue weighted by Crippen LogP contribution is -2.02.